The lowest BCUT2D eigenvalue weighted by Gasteiger charge is -2.23. The van der Waals surface area contributed by atoms with Crippen LogP contribution in [-0.4, -0.2) is 30.3 Å². The van der Waals surface area contributed by atoms with Gasteiger partial charge in [0.25, 0.3) is 0 Å². The van der Waals surface area contributed by atoms with E-state index in [1.165, 1.54) is 18.4 Å². The first-order valence-corrected chi connectivity index (χ1v) is 11.0. The van der Waals surface area contributed by atoms with Gasteiger partial charge >= 0.3 is 5.97 Å². The van der Waals surface area contributed by atoms with E-state index in [0.717, 1.165) is 29.2 Å². The lowest BCUT2D eigenvalue weighted by molar-refractivity contribution is 0.0600. The molecule has 1 unspecified atom stereocenters. The van der Waals surface area contributed by atoms with Crippen molar-refractivity contribution in [3.63, 3.8) is 0 Å². The quantitative estimate of drug-likeness (QED) is 0.234. The zero-order valence-electron chi connectivity index (χ0n) is 17.2. The van der Waals surface area contributed by atoms with Gasteiger partial charge in [0.1, 0.15) is 0 Å². The molecule has 0 aliphatic rings. The molecule has 0 N–H and O–H groups in total. The highest BCUT2D eigenvalue weighted by molar-refractivity contribution is 7.14. The molecule has 0 bridgehead atoms. The normalized spacial score (nSPS) is 12.1. The largest absolute Gasteiger partial charge is 0.465 e. The predicted octanol–water partition coefficient (Wildman–Crippen LogP) is 6.28. The third-order valence-corrected chi connectivity index (χ3v) is 5.81. The van der Waals surface area contributed by atoms with Crippen LogP contribution in [0.2, 0.25) is 5.02 Å². The third-order valence-electron chi connectivity index (χ3n) is 4.65. The molecule has 0 amide bonds. The fraction of sp³-hybridized carbons (Fsp3) is 0.261. The Labute approximate surface area is 186 Å². The molecule has 0 saturated carbocycles. The summed E-state index contributed by atoms with van der Waals surface area (Å²) in [5.41, 5.74) is 2.88. The molecule has 1 aromatic heterocycles. The van der Waals surface area contributed by atoms with Crippen LogP contribution in [0.4, 0.5) is 5.13 Å². The van der Waals surface area contributed by atoms with Gasteiger partial charge in [-0.3, -0.25) is 0 Å². The highest BCUT2D eigenvalue weighted by atomic mass is 35.5. The summed E-state index contributed by atoms with van der Waals surface area (Å²) in [5.74, 6) is -0.388. The average Bonchev–Trinajstić information content (AvgIpc) is 3.23. The zero-order chi connectivity index (χ0) is 21.5. The second-order valence-electron chi connectivity index (χ2n) is 6.80. The molecule has 3 aromatic rings. The number of hydrazone groups is 1. The predicted molar refractivity (Wildman–Crippen MR) is 125 cm³/mol. The van der Waals surface area contributed by atoms with Gasteiger partial charge in [-0.1, -0.05) is 61.3 Å². The molecule has 0 fully saturated rings. The van der Waals surface area contributed by atoms with Crippen LogP contribution in [0, 0.1) is 0 Å². The monoisotopic (exact) mass is 441 g/mol. The maximum atomic E-state index is 12.1. The Morgan fingerprint density at radius 1 is 1.27 bits per heavy atom. The maximum Gasteiger partial charge on any atom is 0.338 e. The summed E-state index contributed by atoms with van der Waals surface area (Å²) in [7, 11) is 1.37. The van der Waals surface area contributed by atoms with Crippen LogP contribution in [0.3, 0.4) is 0 Å². The molecule has 0 spiro atoms. The number of hydrogen-bond acceptors (Lipinski definition) is 6. The van der Waals surface area contributed by atoms with Gasteiger partial charge < -0.3 is 4.74 Å². The van der Waals surface area contributed by atoms with Gasteiger partial charge in [0, 0.05) is 21.5 Å². The van der Waals surface area contributed by atoms with E-state index in [2.05, 4.69) is 13.8 Å². The molecule has 2 aromatic carbocycles. The number of rotatable bonds is 8. The van der Waals surface area contributed by atoms with Crippen LogP contribution in [0.15, 0.2) is 59.0 Å². The summed E-state index contributed by atoms with van der Waals surface area (Å²) < 4.78 is 4.88. The number of ether oxygens (including phenoxy) is 1. The van der Waals surface area contributed by atoms with Crippen molar-refractivity contribution in [3.8, 4) is 11.3 Å². The standard InChI is InChI=1S/C23H24ClN3O2S/c1-4-9-16(2)27(25-14-17-10-5-6-11-18(17)22(28)29-3)23-26-21(15-30-23)19-12-7-8-13-20(19)24/h5-8,10-16H,4,9H2,1-3H3/b25-14+. The highest BCUT2D eigenvalue weighted by Gasteiger charge is 2.18. The topological polar surface area (TPSA) is 54.8 Å². The number of thiazole rings is 1. The van der Waals surface area contributed by atoms with Gasteiger partial charge in [0.2, 0.25) is 5.13 Å². The number of methoxy groups -OCH3 is 1. The number of anilines is 1. The number of carbonyl (C=O) groups excluding carboxylic acids is 1. The summed E-state index contributed by atoms with van der Waals surface area (Å²) >= 11 is 7.86. The Balaban J connectivity index is 1.95. The smallest absolute Gasteiger partial charge is 0.338 e. The molecule has 0 saturated heterocycles. The summed E-state index contributed by atoms with van der Waals surface area (Å²) in [5, 5.41) is 10.0. The summed E-state index contributed by atoms with van der Waals surface area (Å²) in [4.78, 5) is 16.8. The minimum atomic E-state index is -0.388. The van der Waals surface area contributed by atoms with Crippen molar-refractivity contribution in [2.45, 2.75) is 32.7 Å². The Morgan fingerprint density at radius 2 is 2.00 bits per heavy atom. The number of halogens is 1. The molecule has 0 aliphatic heterocycles. The molecule has 1 atom stereocenters. The Morgan fingerprint density at radius 3 is 2.73 bits per heavy atom. The lowest BCUT2D eigenvalue weighted by atomic mass is 10.1. The number of benzene rings is 2. The molecule has 0 radical (unpaired) electrons. The van der Waals surface area contributed by atoms with E-state index in [4.69, 9.17) is 26.4 Å². The van der Waals surface area contributed by atoms with E-state index in [9.17, 15) is 4.79 Å². The first kappa shape index (κ1) is 22.0. The van der Waals surface area contributed by atoms with Gasteiger partial charge in [-0.15, -0.1) is 11.3 Å². The first-order valence-electron chi connectivity index (χ1n) is 9.76. The second kappa shape index (κ2) is 10.4. The average molecular weight is 442 g/mol. The highest BCUT2D eigenvalue weighted by Crippen LogP contribution is 2.33. The molecular formula is C23H24ClN3O2S. The minimum Gasteiger partial charge on any atom is -0.465 e. The molecule has 156 valence electrons. The van der Waals surface area contributed by atoms with Gasteiger partial charge in [0.05, 0.1) is 30.6 Å². The van der Waals surface area contributed by atoms with E-state index < -0.39 is 0 Å². The SMILES string of the molecule is CCCC(C)N(/N=C/c1ccccc1C(=O)OC)c1nc(-c2ccccc2Cl)cs1. The number of hydrogen-bond donors (Lipinski definition) is 0. The lowest BCUT2D eigenvalue weighted by Crippen LogP contribution is -2.28. The zero-order valence-corrected chi connectivity index (χ0v) is 18.8. The van der Waals surface area contributed by atoms with Crippen LogP contribution in [0.5, 0.6) is 0 Å². The maximum absolute atomic E-state index is 12.1. The van der Waals surface area contributed by atoms with Crippen LogP contribution in [0.25, 0.3) is 11.3 Å². The Kier molecular flexibility index (Phi) is 7.60. The summed E-state index contributed by atoms with van der Waals surface area (Å²) in [6.45, 7) is 4.26. The number of aromatic nitrogens is 1. The van der Waals surface area contributed by atoms with Crippen molar-refractivity contribution in [2.75, 3.05) is 12.1 Å². The van der Waals surface area contributed by atoms with Crippen LogP contribution in [-0.2, 0) is 4.74 Å². The van der Waals surface area contributed by atoms with Gasteiger partial charge in [-0.25, -0.2) is 14.8 Å². The first-order chi connectivity index (χ1) is 14.5. The summed E-state index contributed by atoms with van der Waals surface area (Å²) in [6.07, 6.45) is 3.67. The van der Waals surface area contributed by atoms with Crippen LogP contribution < -0.4 is 5.01 Å². The molecule has 0 aliphatic carbocycles. The summed E-state index contributed by atoms with van der Waals surface area (Å²) in [6, 6.07) is 15.0. The van der Waals surface area contributed by atoms with Gasteiger partial charge in [-0.2, -0.15) is 5.10 Å². The van der Waals surface area contributed by atoms with Crippen molar-refractivity contribution in [1.29, 1.82) is 0 Å². The minimum absolute atomic E-state index is 0.141. The van der Waals surface area contributed by atoms with Crippen molar-refractivity contribution in [2.24, 2.45) is 5.10 Å². The van der Waals surface area contributed by atoms with Crippen molar-refractivity contribution in [3.05, 3.63) is 70.1 Å². The molecule has 5 nitrogen and oxygen atoms in total. The second-order valence-corrected chi connectivity index (χ2v) is 8.04. The fourth-order valence-electron chi connectivity index (χ4n) is 3.08. The fourth-order valence-corrected chi connectivity index (χ4v) is 4.20. The van der Waals surface area contributed by atoms with Crippen molar-refractivity contribution < 1.29 is 9.53 Å². The number of esters is 1. The molecule has 7 heteroatoms. The molecular weight excluding hydrogens is 418 g/mol. The Hall–Kier alpha value is -2.70. The number of nitrogens with zero attached hydrogens (tertiary/aromatic N) is 3. The molecule has 3 rings (SSSR count). The van der Waals surface area contributed by atoms with Gasteiger partial charge in [-0.05, 0) is 25.5 Å². The molecule has 30 heavy (non-hydrogen) atoms. The van der Waals surface area contributed by atoms with Crippen molar-refractivity contribution >= 4 is 40.3 Å². The van der Waals surface area contributed by atoms with Crippen LogP contribution >= 0.6 is 22.9 Å². The molecule has 1 heterocycles. The Bertz CT molecular complexity index is 1030. The van der Waals surface area contributed by atoms with E-state index in [0.29, 0.717) is 16.1 Å². The van der Waals surface area contributed by atoms with E-state index in [-0.39, 0.29) is 12.0 Å². The third kappa shape index (κ3) is 5.07. The van der Waals surface area contributed by atoms with E-state index >= 15 is 0 Å². The van der Waals surface area contributed by atoms with E-state index in [1.807, 2.05) is 46.8 Å². The number of carbonyl (C=O) groups is 1. The van der Waals surface area contributed by atoms with Gasteiger partial charge in [0.15, 0.2) is 0 Å². The van der Waals surface area contributed by atoms with Crippen LogP contribution in [0.1, 0.15) is 42.6 Å². The van der Waals surface area contributed by atoms with Crippen molar-refractivity contribution in [1.82, 2.24) is 4.98 Å². The van der Waals surface area contributed by atoms with E-state index in [1.54, 1.807) is 18.3 Å².